The number of ether oxygens (including phenoxy) is 2. The molecule has 1 aliphatic heterocycles. The van der Waals surface area contributed by atoms with Gasteiger partial charge in [-0.25, -0.2) is 0 Å². The molecule has 1 atom stereocenters. The molecule has 0 fully saturated rings. The molecule has 6 nitrogen and oxygen atoms in total. The highest BCUT2D eigenvalue weighted by Gasteiger charge is 2.15. The fourth-order valence-electron chi connectivity index (χ4n) is 1.72. The van der Waals surface area contributed by atoms with Gasteiger partial charge in [0.1, 0.15) is 13.2 Å². The van der Waals surface area contributed by atoms with Crippen LogP contribution in [0, 0.1) is 0 Å². The van der Waals surface area contributed by atoms with E-state index in [4.69, 9.17) is 15.2 Å². The molecule has 1 unspecified atom stereocenters. The molecule has 1 aromatic rings. The summed E-state index contributed by atoms with van der Waals surface area (Å²) in [5.41, 5.74) is 5.69. The molecular weight excluding hydrogens is 236 g/mol. The van der Waals surface area contributed by atoms with Crippen molar-refractivity contribution in [2.75, 3.05) is 26.3 Å². The van der Waals surface area contributed by atoms with Crippen LogP contribution in [0.2, 0.25) is 0 Å². The zero-order valence-corrected chi connectivity index (χ0v) is 9.89. The van der Waals surface area contributed by atoms with Gasteiger partial charge in [0.25, 0.3) is 0 Å². The van der Waals surface area contributed by atoms with Gasteiger partial charge in [0.15, 0.2) is 11.5 Å². The molecule has 2 rings (SSSR count). The van der Waals surface area contributed by atoms with Crippen molar-refractivity contribution in [1.29, 1.82) is 0 Å². The summed E-state index contributed by atoms with van der Waals surface area (Å²) in [5.74, 6) is 0.861. The molecule has 1 aromatic carbocycles. The van der Waals surface area contributed by atoms with Gasteiger partial charge in [-0.3, -0.25) is 4.79 Å². The molecule has 0 saturated heterocycles. The number of rotatable bonds is 5. The van der Waals surface area contributed by atoms with Gasteiger partial charge in [-0.1, -0.05) is 6.07 Å². The fraction of sp³-hybridized carbons (Fsp3) is 0.417. The second-order valence-electron chi connectivity index (χ2n) is 4.02. The maximum atomic E-state index is 10.6. The maximum absolute atomic E-state index is 10.6. The van der Waals surface area contributed by atoms with Crippen LogP contribution < -0.4 is 20.5 Å². The first-order valence-electron chi connectivity index (χ1n) is 5.73. The quantitative estimate of drug-likeness (QED) is 0.661. The Morgan fingerprint density at radius 2 is 2.11 bits per heavy atom. The average molecular weight is 252 g/mol. The van der Waals surface area contributed by atoms with E-state index >= 15 is 0 Å². The van der Waals surface area contributed by atoms with Gasteiger partial charge in [-0.2, -0.15) is 0 Å². The maximum Gasteiger partial charge on any atom is 0.231 e. The summed E-state index contributed by atoms with van der Waals surface area (Å²) < 4.78 is 10.8. The van der Waals surface area contributed by atoms with Crippen LogP contribution in [0.1, 0.15) is 11.7 Å². The number of amides is 1. The van der Waals surface area contributed by atoms with Gasteiger partial charge in [0.05, 0.1) is 12.6 Å². The summed E-state index contributed by atoms with van der Waals surface area (Å²) in [4.78, 5) is 10.6. The van der Waals surface area contributed by atoms with Crippen molar-refractivity contribution in [2.45, 2.75) is 6.10 Å². The highest BCUT2D eigenvalue weighted by atomic mass is 16.6. The van der Waals surface area contributed by atoms with E-state index in [1.807, 2.05) is 0 Å². The summed E-state index contributed by atoms with van der Waals surface area (Å²) in [6, 6.07) is 5.27. The van der Waals surface area contributed by atoms with Crippen LogP contribution in [-0.2, 0) is 4.79 Å². The predicted molar refractivity (Wildman–Crippen MR) is 64.5 cm³/mol. The summed E-state index contributed by atoms with van der Waals surface area (Å²) in [7, 11) is 0. The Morgan fingerprint density at radius 3 is 2.83 bits per heavy atom. The van der Waals surface area contributed by atoms with Crippen molar-refractivity contribution in [3.8, 4) is 11.5 Å². The fourth-order valence-corrected chi connectivity index (χ4v) is 1.72. The minimum Gasteiger partial charge on any atom is -0.486 e. The van der Waals surface area contributed by atoms with E-state index in [0.717, 1.165) is 0 Å². The van der Waals surface area contributed by atoms with E-state index in [1.54, 1.807) is 18.2 Å². The number of carbonyl (C=O) groups excluding carboxylic acids is 1. The van der Waals surface area contributed by atoms with E-state index in [2.05, 4.69) is 5.32 Å². The van der Waals surface area contributed by atoms with Gasteiger partial charge >= 0.3 is 0 Å². The molecule has 0 aromatic heterocycles. The molecule has 98 valence electrons. The van der Waals surface area contributed by atoms with Crippen LogP contribution in [0.5, 0.6) is 11.5 Å². The number of primary amides is 1. The van der Waals surface area contributed by atoms with E-state index in [9.17, 15) is 9.90 Å². The molecule has 0 bridgehead atoms. The number of carbonyl (C=O) groups is 1. The van der Waals surface area contributed by atoms with Crippen molar-refractivity contribution in [3.63, 3.8) is 0 Å². The molecule has 1 amide bonds. The third-order valence-electron chi connectivity index (χ3n) is 2.59. The van der Waals surface area contributed by atoms with Crippen LogP contribution in [0.3, 0.4) is 0 Å². The van der Waals surface area contributed by atoms with Crippen LogP contribution >= 0.6 is 0 Å². The van der Waals surface area contributed by atoms with Crippen LogP contribution in [0.25, 0.3) is 0 Å². The zero-order valence-electron chi connectivity index (χ0n) is 9.89. The molecular formula is C12H16N2O4. The van der Waals surface area contributed by atoms with Crippen LogP contribution in [0.4, 0.5) is 0 Å². The lowest BCUT2D eigenvalue weighted by Gasteiger charge is -2.20. The SMILES string of the molecule is NC(=O)CNCC(O)c1ccc2c(c1)OCCO2. The van der Waals surface area contributed by atoms with E-state index in [-0.39, 0.29) is 13.1 Å². The van der Waals surface area contributed by atoms with Gasteiger partial charge in [0.2, 0.25) is 5.91 Å². The molecule has 0 radical (unpaired) electrons. The lowest BCUT2D eigenvalue weighted by atomic mass is 10.1. The van der Waals surface area contributed by atoms with E-state index in [1.165, 1.54) is 0 Å². The Balaban J connectivity index is 1.97. The average Bonchev–Trinajstić information content (AvgIpc) is 2.37. The smallest absolute Gasteiger partial charge is 0.231 e. The Morgan fingerprint density at radius 1 is 1.39 bits per heavy atom. The van der Waals surface area contributed by atoms with Gasteiger partial charge in [-0.05, 0) is 17.7 Å². The predicted octanol–water partition coefficient (Wildman–Crippen LogP) is -0.434. The molecule has 0 saturated carbocycles. The van der Waals surface area contributed by atoms with Crippen molar-refractivity contribution in [3.05, 3.63) is 23.8 Å². The van der Waals surface area contributed by atoms with Gasteiger partial charge in [0, 0.05) is 6.54 Å². The topological polar surface area (TPSA) is 93.8 Å². The number of benzene rings is 1. The van der Waals surface area contributed by atoms with Crippen molar-refractivity contribution in [2.24, 2.45) is 5.73 Å². The molecule has 1 aliphatic rings. The largest absolute Gasteiger partial charge is 0.486 e. The number of nitrogens with one attached hydrogen (secondary N) is 1. The number of aliphatic hydroxyl groups is 1. The third-order valence-corrected chi connectivity index (χ3v) is 2.59. The zero-order chi connectivity index (χ0) is 13.0. The first-order valence-corrected chi connectivity index (χ1v) is 5.73. The van der Waals surface area contributed by atoms with Crippen molar-refractivity contribution in [1.82, 2.24) is 5.32 Å². The summed E-state index contributed by atoms with van der Waals surface area (Å²) in [5, 5.41) is 12.7. The molecule has 1 heterocycles. The first-order chi connectivity index (χ1) is 8.66. The lowest BCUT2D eigenvalue weighted by molar-refractivity contribution is -0.117. The lowest BCUT2D eigenvalue weighted by Crippen LogP contribution is -2.31. The highest BCUT2D eigenvalue weighted by molar-refractivity contribution is 5.75. The molecule has 6 heteroatoms. The van der Waals surface area contributed by atoms with Gasteiger partial charge in [-0.15, -0.1) is 0 Å². The Kier molecular flexibility index (Phi) is 4.01. The minimum absolute atomic E-state index is 0.0433. The summed E-state index contributed by atoms with van der Waals surface area (Å²) in [6.07, 6.45) is -0.722. The van der Waals surface area contributed by atoms with Gasteiger partial charge < -0.3 is 25.6 Å². The third kappa shape index (κ3) is 3.12. The molecule has 0 spiro atoms. The standard InChI is InChI=1S/C12H16N2O4/c13-12(16)7-14-6-9(15)8-1-2-10-11(5-8)18-4-3-17-10/h1-2,5,9,14-15H,3-4,6-7H2,(H2,13,16). The van der Waals surface area contributed by atoms with E-state index in [0.29, 0.717) is 30.3 Å². The van der Waals surface area contributed by atoms with Crippen molar-refractivity contribution >= 4 is 5.91 Å². The number of hydrogen-bond acceptors (Lipinski definition) is 5. The number of aliphatic hydroxyl groups excluding tert-OH is 1. The monoisotopic (exact) mass is 252 g/mol. The molecule has 18 heavy (non-hydrogen) atoms. The number of fused-ring (bicyclic) bond motifs is 1. The van der Waals surface area contributed by atoms with Crippen LogP contribution in [-0.4, -0.2) is 37.3 Å². The summed E-state index contributed by atoms with van der Waals surface area (Å²) >= 11 is 0. The van der Waals surface area contributed by atoms with E-state index < -0.39 is 12.0 Å². The highest BCUT2D eigenvalue weighted by Crippen LogP contribution is 2.32. The molecule has 0 aliphatic carbocycles. The Hall–Kier alpha value is -1.79. The molecule has 4 N–H and O–H groups in total. The van der Waals surface area contributed by atoms with Crippen LogP contribution in [0.15, 0.2) is 18.2 Å². The number of hydrogen-bond donors (Lipinski definition) is 3. The summed E-state index contributed by atoms with van der Waals surface area (Å²) in [6.45, 7) is 1.34. The normalized spacial score (nSPS) is 15.2. The second-order valence-corrected chi connectivity index (χ2v) is 4.02. The number of nitrogens with two attached hydrogens (primary N) is 1. The Labute approximate surface area is 105 Å². The minimum atomic E-state index is -0.722. The van der Waals surface area contributed by atoms with Crippen molar-refractivity contribution < 1.29 is 19.4 Å². The first kappa shape index (κ1) is 12.7. The second kappa shape index (κ2) is 5.70. The Bertz CT molecular complexity index is 436.